The van der Waals surface area contributed by atoms with Crippen molar-refractivity contribution in [1.82, 2.24) is 0 Å². The lowest BCUT2D eigenvalue weighted by molar-refractivity contribution is -0.177. The fraction of sp³-hybridized carbons (Fsp3) is 0.600. The zero-order chi connectivity index (χ0) is 10.6. The predicted molar refractivity (Wildman–Crippen MR) is 49.5 cm³/mol. The van der Waals surface area contributed by atoms with Gasteiger partial charge in [0, 0.05) is 5.57 Å². The van der Waals surface area contributed by atoms with Crippen molar-refractivity contribution in [3.8, 4) is 0 Å². The van der Waals surface area contributed by atoms with Gasteiger partial charge in [-0.05, 0) is 6.42 Å². The third-order valence-corrected chi connectivity index (χ3v) is 1.93. The third-order valence-electron chi connectivity index (χ3n) is 1.93. The van der Waals surface area contributed by atoms with Crippen molar-refractivity contribution >= 4 is 11.9 Å². The van der Waals surface area contributed by atoms with E-state index in [4.69, 9.17) is 4.74 Å². The first-order chi connectivity index (χ1) is 6.63. The zero-order valence-electron chi connectivity index (χ0n) is 8.25. The molecule has 1 aliphatic heterocycles. The maximum atomic E-state index is 11.2. The van der Waals surface area contributed by atoms with Gasteiger partial charge >= 0.3 is 11.9 Å². The van der Waals surface area contributed by atoms with E-state index in [0.29, 0.717) is 18.4 Å². The van der Waals surface area contributed by atoms with Crippen molar-refractivity contribution in [2.75, 3.05) is 6.61 Å². The van der Waals surface area contributed by atoms with Crippen LogP contribution in [0.2, 0.25) is 0 Å². The molecule has 78 valence electrons. The minimum absolute atomic E-state index is 0.146. The monoisotopic (exact) mass is 198 g/mol. The molecule has 14 heavy (non-hydrogen) atoms. The Bertz CT molecular complexity index is 249. The van der Waals surface area contributed by atoms with E-state index >= 15 is 0 Å². The van der Waals surface area contributed by atoms with E-state index < -0.39 is 5.97 Å². The number of esters is 2. The van der Waals surface area contributed by atoms with E-state index in [9.17, 15) is 9.59 Å². The maximum Gasteiger partial charge on any atom is 0.333 e. The molecule has 4 nitrogen and oxygen atoms in total. The molecule has 0 amide bonds. The van der Waals surface area contributed by atoms with Crippen LogP contribution in [0.5, 0.6) is 0 Å². The SMILES string of the molecule is C=C(CCC)C(=O)OCC1CC(=O)O1. The Morgan fingerprint density at radius 1 is 1.71 bits per heavy atom. The standard InChI is InChI=1S/C10H14O4/c1-3-4-7(2)10(12)13-6-8-5-9(11)14-8/h8H,2-6H2,1H3. The summed E-state index contributed by atoms with van der Waals surface area (Å²) >= 11 is 0. The molecule has 0 saturated carbocycles. The van der Waals surface area contributed by atoms with Gasteiger partial charge in [-0.25, -0.2) is 4.79 Å². The average Bonchev–Trinajstić information content (AvgIpc) is 2.10. The van der Waals surface area contributed by atoms with E-state index in [1.807, 2.05) is 6.92 Å². The predicted octanol–water partition coefficient (Wildman–Crippen LogP) is 1.20. The van der Waals surface area contributed by atoms with Gasteiger partial charge < -0.3 is 9.47 Å². The first kappa shape index (κ1) is 10.8. The summed E-state index contributed by atoms with van der Waals surface area (Å²) in [4.78, 5) is 21.6. The number of carbonyl (C=O) groups excluding carboxylic acids is 2. The fourth-order valence-corrected chi connectivity index (χ4v) is 1.13. The summed E-state index contributed by atoms with van der Waals surface area (Å²) in [5.74, 6) is -0.631. The fourth-order valence-electron chi connectivity index (χ4n) is 1.13. The van der Waals surface area contributed by atoms with Crippen molar-refractivity contribution in [2.45, 2.75) is 32.3 Å². The normalized spacial score (nSPS) is 19.5. The number of carbonyl (C=O) groups is 2. The molecule has 0 aliphatic carbocycles. The van der Waals surface area contributed by atoms with Crippen molar-refractivity contribution in [2.24, 2.45) is 0 Å². The third kappa shape index (κ3) is 2.87. The van der Waals surface area contributed by atoms with Crippen molar-refractivity contribution in [3.63, 3.8) is 0 Å². The topological polar surface area (TPSA) is 52.6 Å². The molecular formula is C10H14O4. The molecule has 0 aromatic carbocycles. The highest BCUT2D eigenvalue weighted by Crippen LogP contribution is 2.14. The van der Waals surface area contributed by atoms with Crippen molar-refractivity contribution < 1.29 is 19.1 Å². The highest BCUT2D eigenvalue weighted by molar-refractivity contribution is 5.87. The molecule has 0 bridgehead atoms. The Kier molecular flexibility index (Phi) is 3.68. The number of ether oxygens (including phenoxy) is 2. The molecule has 0 N–H and O–H groups in total. The molecule has 0 radical (unpaired) electrons. The number of cyclic esters (lactones) is 1. The summed E-state index contributed by atoms with van der Waals surface area (Å²) in [6.45, 7) is 5.71. The van der Waals surface area contributed by atoms with Crippen LogP contribution in [0.1, 0.15) is 26.2 Å². The van der Waals surface area contributed by atoms with E-state index in [-0.39, 0.29) is 18.7 Å². The van der Waals surface area contributed by atoms with Gasteiger partial charge in [-0.1, -0.05) is 19.9 Å². The van der Waals surface area contributed by atoms with Gasteiger partial charge in [0.15, 0.2) is 0 Å². The van der Waals surface area contributed by atoms with Gasteiger partial charge in [-0.15, -0.1) is 0 Å². The van der Waals surface area contributed by atoms with E-state index in [2.05, 4.69) is 11.3 Å². The largest absolute Gasteiger partial charge is 0.458 e. The van der Waals surface area contributed by atoms with Crippen LogP contribution in [0.4, 0.5) is 0 Å². The summed E-state index contributed by atoms with van der Waals surface area (Å²) in [5, 5.41) is 0. The second kappa shape index (κ2) is 4.79. The Hall–Kier alpha value is -1.32. The van der Waals surface area contributed by atoms with Gasteiger partial charge in [-0.2, -0.15) is 0 Å². The van der Waals surface area contributed by atoms with Crippen molar-refractivity contribution in [3.05, 3.63) is 12.2 Å². The molecule has 1 saturated heterocycles. The van der Waals surface area contributed by atoms with Gasteiger partial charge in [0.05, 0.1) is 6.42 Å². The summed E-state index contributed by atoms with van der Waals surface area (Å²) in [6, 6.07) is 0. The molecule has 0 aromatic heterocycles. The van der Waals surface area contributed by atoms with Crippen LogP contribution in [0.15, 0.2) is 12.2 Å². The Morgan fingerprint density at radius 3 is 2.86 bits per heavy atom. The highest BCUT2D eigenvalue weighted by atomic mass is 16.6. The Morgan fingerprint density at radius 2 is 2.36 bits per heavy atom. The first-order valence-electron chi connectivity index (χ1n) is 4.68. The molecule has 1 heterocycles. The quantitative estimate of drug-likeness (QED) is 0.492. The molecule has 1 unspecified atom stereocenters. The Labute approximate surface area is 82.9 Å². The second-order valence-electron chi connectivity index (χ2n) is 3.27. The summed E-state index contributed by atoms with van der Waals surface area (Å²) in [5.41, 5.74) is 0.471. The molecule has 1 fully saturated rings. The van der Waals surface area contributed by atoms with Crippen LogP contribution in [-0.4, -0.2) is 24.6 Å². The van der Waals surface area contributed by atoms with E-state index in [0.717, 1.165) is 6.42 Å². The molecule has 1 rings (SSSR count). The zero-order valence-corrected chi connectivity index (χ0v) is 8.25. The smallest absolute Gasteiger partial charge is 0.333 e. The molecule has 4 heteroatoms. The van der Waals surface area contributed by atoms with Crippen LogP contribution >= 0.6 is 0 Å². The van der Waals surface area contributed by atoms with Gasteiger partial charge in [-0.3, -0.25) is 4.79 Å². The highest BCUT2D eigenvalue weighted by Gasteiger charge is 2.29. The Balaban J connectivity index is 2.14. The lowest BCUT2D eigenvalue weighted by Crippen LogP contribution is -2.37. The van der Waals surface area contributed by atoms with Crippen LogP contribution in [-0.2, 0) is 19.1 Å². The average molecular weight is 198 g/mol. The van der Waals surface area contributed by atoms with Crippen LogP contribution in [0.3, 0.4) is 0 Å². The van der Waals surface area contributed by atoms with Gasteiger partial charge in [0.1, 0.15) is 12.7 Å². The number of rotatable bonds is 5. The molecule has 1 atom stereocenters. The van der Waals surface area contributed by atoms with Gasteiger partial charge in [0.2, 0.25) is 0 Å². The molecule has 0 spiro atoms. The summed E-state index contributed by atoms with van der Waals surface area (Å²) in [7, 11) is 0. The molecule has 1 aliphatic rings. The van der Waals surface area contributed by atoms with Crippen LogP contribution in [0, 0.1) is 0 Å². The maximum absolute atomic E-state index is 11.2. The first-order valence-corrected chi connectivity index (χ1v) is 4.68. The van der Waals surface area contributed by atoms with E-state index in [1.54, 1.807) is 0 Å². The minimum Gasteiger partial charge on any atom is -0.458 e. The van der Waals surface area contributed by atoms with Gasteiger partial charge in [0.25, 0.3) is 0 Å². The van der Waals surface area contributed by atoms with Crippen LogP contribution in [0.25, 0.3) is 0 Å². The number of hydrogen-bond donors (Lipinski definition) is 0. The van der Waals surface area contributed by atoms with E-state index in [1.165, 1.54) is 0 Å². The molecule has 0 aromatic rings. The summed E-state index contributed by atoms with van der Waals surface area (Å²) in [6.07, 6.45) is 1.60. The molecular weight excluding hydrogens is 184 g/mol. The second-order valence-corrected chi connectivity index (χ2v) is 3.27. The minimum atomic E-state index is -0.394. The van der Waals surface area contributed by atoms with Crippen molar-refractivity contribution in [1.29, 1.82) is 0 Å². The number of hydrogen-bond acceptors (Lipinski definition) is 4. The van der Waals surface area contributed by atoms with Crippen LogP contribution < -0.4 is 0 Å². The lowest BCUT2D eigenvalue weighted by Gasteiger charge is -2.24. The lowest BCUT2D eigenvalue weighted by atomic mass is 10.2. The summed E-state index contributed by atoms with van der Waals surface area (Å²) < 4.78 is 9.58.